The van der Waals surface area contributed by atoms with Gasteiger partial charge < -0.3 is 10.0 Å². The Hall–Kier alpha value is -1.93. The number of nitrogens with one attached hydrogen (secondary N) is 1. The minimum atomic E-state index is -0.518. The summed E-state index contributed by atoms with van der Waals surface area (Å²) in [4.78, 5) is 17.0. The second kappa shape index (κ2) is 8.64. The molecule has 0 aliphatic carbocycles. The lowest BCUT2D eigenvalue weighted by molar-refractivity contribution is -0.384. The number of benzene rings is 1. The molecule has 2 aliphatic rings. The third-order valence-electron chi connectivity index (χ3n) is 5.21. The molecular formula is C18H24N4O3S. The Balaban J connectivity index is 1.56. The molecule has 2 saturated heterocycles. The molecule has 0 spiro atoms. The molecule has 2 N–H and O–H groups in total. The normalized spacial score (nSPS) is 23.7. The Morgan fingerprint density at radius 2 is 2.19 bits per heavy atom. The van der Waals surface area contributed by atoms with Gasteiger partial charge in [-0.3, -0.25) is 15.5 Å². The van der Waals surface area contributed by atoms with E-state index < -0.39 is 4.92 Å². The van der Waals surface area contributed by atoms with E-state index in [1.165, 1.54) is 81.4 Å². The van der Waals surface area contributed by atoms with E-state index in [-0.39, 0.29) is 22.2 Å². The number of nitro benzene ring substituents is 1. The second-order valence-corrected chi connectivity index (χ2v) is 7.88. The van der Waals surface area contributed by atoms with Gasteiger partial charge in [0.1, 0.15) is 5.75 Å². The van der Waals surface area contributed by atoms with E-state index in [9.17, 15) is 15.2 Å². The molecular weight excluding hydrogens is 352 g/mol. The number of nitro groups is 1. The van der Waals surface area contributed by atoms with Gasteiger partial charge in [0.15, 0.2) is 5.17 Å². The Kier molecular flexibility index (Phi) is 6.26. The molecule has 26 heavy (non-hydrogen) atoms. The van der Waals surface area contributed by atoms with Crippen molar-refractivity contribution in [2.45, 2.75) is 38.1 Å². The molecule has 2 heterocycles. The van der Waals surface area contributed by atoms with E-state index in [4.69, 9.17) is 5.41 Å². The topological polar surface area (TPSA) is 103 Å². The number of piperidine rings is 2. The number of non-ortho nitro benzene ring substituents is 1. The molecule has 2 fully saturated rings. The van der Waals surface area contributed by atoms with Crippen LogP contribution in [0.15, 0.2) is 23.2 Å². The van der Waals surface area contributed by atoms with Crippen molar-refractivity contribution < 1.29 is 10.0 Å². The Bertz CT molecular complexity index is 708. The fourth-order valence-corrected chi connectivity index (χ4v) is 4.77. The molecule has 3 rings (SSSR count). The zero-order valence-electron chi connectivity index (χ0n) is 14.6. The van der Waals surface area contributed by atoms with Crippen molar-refractivity contribution in [2.24, 2.45) is 10.9 Å². The van der Waals surface area contributed by atoms with Crippen LogP contribution in [-0.2, 0) is 0 Å². The summed E-state index contributed by atoms with van der Waals surface area (Å²) in [6.07, 6.45) is 7.60. The van der Waals surface area contributed by atoms with Crippen molar-refractivity contribution in [3.05, 3.63) is 33.9 Å². The molecule has 1 aromatic rings. The molecule has 0 amide bonds. The quantitative estimate of drug-likeness (QED) is 0.361. The van der Waals surface area contributed by atoms with Gasteiger partial charge in [-0.2, -0.15) is 0 Å². The van der Waals surface area contributed by atoms with Crippen LogP contribution in [0.4, 0.5) is 5.69 Å². The molecule has 1 aromatic carbocycles. The molecule has 0 saturated carbocycles. The average molecular weight is 376 g/mol. The molecule has 0 radical (unpaired) electrons. The molecule has 7 nitrogen and oxygen atoms in total. The Morgan fingerprint density at radius 3 is 3.00 bits per heavy atom. The van der Waals surface area contributed by atoms with Gasteiger partial charge in [0, 0.05) is 35.7 Å². The van der Waals surface area contributed by atoms with E-state index in [0.29, 0.717) is 12.0 Å². The number of thioether (sulfide) groups is 1. The first-order valence-electron chi connectivity index (χ1n) is 9.01. The minimum Gasteiger partial charge on any atom is -0.507 e. The lowest BCUT2D eigenvalue weighted by Crippen LogP contribution is -2.48. The Morgan fingerprint density at radius 1 is 1.38 bits per heavy atom. The SMILES string of the molecule is N=C(N=Cc1cc([N+](=O)[O-])ccc1O)SC[C@@H]1CCCN2CCCC[C@@H]12. The number of aliphatic imine (C=N–C) groups is 1. The number of fused-ring (bicyclic) bond motifs is 1. The fourth-order valence-electron chi connectivity index (χ4n) is 3.88. The van der Waals surface area contributed by atoms with Crippen LogP contribution in [0.3, 0.4) is 0 Å². The summed E-state index contributed by atoms with van der Waals surface area (Å²) in [6, 6.07) is 4.42. The van der Waals surface area contributed by atoms with Crippen LogP contribution in [0, 0.1) is 21.4 Å². The second-order valence-electron chi connectivity index (χ2n) is 6.88. The van der Waals surface area contributed by atoms with Gasteiger partial charge in [0.2, 0.25) is 0 Å². The predicted octanol–water partition coefficient (Wildman–Crippen LogP) is 3.65. The van der Waals surface area contributed by atoms with Crippen molar-refractivity contribution in [3.8, 4) is 5.75 Å². The van der Waals surface area contributed by atoms with Crippen LogP contribution in [0.1, 0.15) is 37.7 Å². The van der Waals surface area contributed by atoms with Crippen molar-refractivity contribution in [3.63, 3.8) is 0 Å². The first-order valence-corrected chi connectivity index (χ1v) is 10.00. The van der Waals surface area contributed by atoms with Gasteiger partial charge in [-0.25, -0.2) is 4.99 Å². The molecule has 140 valence electrons. The number of phenolic OH excluding ortho intramolecular Hbond substituents is 1. The van der Waals surface area contributed by atoms with Gasteiger partial charge >= 0.3 is 0 Å². The maximum absolute atomic E-state index is 10.8. The molecule has 2 atom stereocenters. The van der Waals surface area contributed by atoms with Gasteiger partial charge in [-0.15, -0.1) is 0 Å². The van der Waals surface area contributed by atoms with Crippen molar-refractivity contribution in [2.75, 3.05) is 18.8 Å². The zero-order valence-corrected chi connectivity index (χ0v) is 15.5. The third kappa shape index (κ3) is 4.62. The smallest absolute Gasteiger partial charge is 0.270 e. The van der Waals surface area contributed by atoms with Gasteiger partial charge in [0.25, 0.3) is 5.69 Å². The van der Waals surface area contributed by atoms with E-state index >= 15 is 0 Å². The van der Waals surface area contributed by atoms with Crippen LogP contribution in [0.5, 0.6) is 5.75 Å². The van der Waals surface area contributed by atoms with Crippen molar-refractivity contribution >= 4 is 28.8 Å². The highest BCUT2D eigenvalue weighted by atomic mass is 32.2. The van der Waals surface area contributed by atoms with E-state index in [1.807, 2.05) is 0 Å². The summed E-state index contributed by atoms with van der Waals surface area (Å²) in [5, 5.41) is 28.8. The Labute approximate surface area is 157 Å². The number of phenols is 1. The van der Waals surface area contributed by atoms with E-state index in [0.717, 1.165) is 5.75 Å². The summed E-state index contributed by atoms with van der Waals surface area (Å²) in [5.41, 5.74) is 0.142. The number of aromatic hydroxyl groups is 1. The average Bonchev–Trinajstić information content (AvgIpc) is 2.65. The van der Waals surface area contributed by atoms with Crippen molar-refractivity contribution in [1.82, 2.24) is 4.90 Å². The molecule has 0 bridgehead atoms. The number of amidine groups is 1. The number of hydrogen-bond donors (Lipinski definition) is 2. The maximum Gasteiger partial charge on any atom is 0.270 e. The van der Waals surface area contributed by atoms with E-state index in [1.54, 1.807) is 0 Å². The van der Waals surface area contributed by atoms with Crippen LogP contribution >= 0.6 is 11.8 Å². The third-order valence-corrected chi connectivity index (χ3v) is 6.18. The van der Waals surface area contributed by atoms with Crippen LogP contribution in [-0.4, -0.2) is 51.2 Å². The van der Waals surface area contributed by atoms with Crippen LogP contribution < -0.4 is 0 Å². The lowest BCUT2D eigenvalue weighted by Gasteiger charge is -2.44. The van der Waals surface area contributed by atoms with Gasteiger partial charge in [-0.1, -0.05) is 18.2 Å². The highest BCUT2D eigenvalue weighted by Crippen LogP contribution is 2.33. The van der Waals surface area contributed by atoms with Gasteiger partial charge in [0.05, 0.1) is 4.92 Å². The van der Waals surface area contributed by atoms with Gasteiger partial charge in [-0.05, 0) is 50.8 Å². The summed E-state index contributed by atoms with van der Waals surface area (Å²) in [6.45, 7) is 2.40. The summed E-state index contributed by atoms with van der Waals surface area (Å²) >= 11 is 1.42. The minimum absolute atomic E-state index is 0.0812. The van der Waals surface area contributed by atoms with E-state index in [2.05, 4.69) is 9.89 Å². The highest BCUT2D eigenvalue weighted by Gasteiger charge is 2.32. The predicted molar refractivity (Wildman–Crippen MR) is 104 cm³/mol. The molecule has 8 heteroatoms. The number of hydrogen-bond acceptors (Lipinski definition) is 6. The first-order chi connectivity index (χ1) is 12.5. The van der Waals surface area contributed by atoms with Crippen molar-refractivity contribution in [1.29, 1.82) is 5.41 Å². The molecule has 0 unspecified atom stereocenters. The number of rotatable bonds is 4. The maximum atomic E-state index is 10.8. The van der Waals surface area contributed by atoms with Crippen LogP contribution in [0.25, 0.3) is 0 Å². The van der Waals surface area contributed by atoms with Crippen LogP contribution in [0.2, 0.25) is 0 Å². The summed E-state index contributed by atoms with van der Waals surface area (Å²) in [5.74, 6) is 1.39. The first kappa shape index (κ1) is 18.8. The molecule has 0 aromatic heterocycles. The summed E-state index contributed by atoms with van der Waals surface area (Å²) < 4.78 is 0. The fraction of sp³-hybridized carbons (Fsp3) is 0.556. The highest BCUT2D eigenvalue weighted by molar-refractivity contribution is 8.13. The molecule has 2 aliphatic heterocycles. The largest absolute Gasteiger partial charge is 0.507 e. The number of nitrogens with zero attached hydrogens (tertiary/aromatic N) is 3. The summed E-state index contributed by atoms with van der Waals surface area (Å²) in [7, 11) is 0. The standard InChI is InChI=1S/C18H24N4O3S/c19-18(20-11-14-10-15(22(24)25)6-7-17(14)23)26-12-13-4-3-9-21-8-2-1-5-16(13)21/h6-7,10-11,13,16,19,23H,1-5,8-9,12H2/t13-,16-/m0/s1. The lowest BCUT2D eigenvalue weighted by atomic mass is 9.85. The monoisotopic (exact) mass is 376 g/mol. The zero-order chi connectivity index (χ0) is 18.5.